The van der Waals surface area contributed by atoms with Gasteiger partial charge in [0.25, 0.3) is 5.79 Å². The number of amides is 1. The first-order chi connectivity index (χ1) is 14.1. The first-order valence-electron chi connectivity index (χ1n) is 10.3. The molecule has 29 heavy (non-hydrogen) atoms. The standard InChI is InChI=1S/C23H28N2O4/c1-16(18-8-4-5-9-19(18)27-2)24-15-22(26)25-17-10-11-20-21(14-17)29-23(28-20)12-6-3-7-13-23/h4-5,8-11,14,16,24H,3,6-7,12-13,15H2,1-2H3,(H,25,26)/t16-/m0/s1. The van der Waals surface area contributed by atoms with Crippen LogP contribution in [-0.2, 0) is 4.79 Å². The highest BCUT2D eigenvalue weighted by Crippen LogP contribution is 2.46. The number of benzene rings is 2. The van der Waals surface area contributed by atoms with Crippen molar-refractivity contribution in [2.45, 2.75) is 50.9 Å². The van der Waals surface area contributed by atoms with E-state index in [1.54, 1.807) is 7.11 Å². The van der Waals surface area contributed by atoms with Crippen molar-refractivity contribution in [2.75, 3.05) is 19.0 Å². The van der Waals surface area contributed by atoms with Crippen molar-refractivity contribution < 1.29 is 19.0 Å². The van der Waals surface area contributed by atoms with Gasteiger partial charge in [0.15, 0.2) is 11.5 Å². The maximum absolute atomic E-state index is 12.4. The molecule has 2 aromatic carbocycles. The summed E-state index contributed by atoms with van der Waals surface area (Å²) in [6.07, 6.45) is 5.29. The lowest BCUT2D eigenvalue weighted by Gasteiger charge is -2.31. The van der Waals surface area contributed by atoms with E-state index in [9.17, 15) is 4.79 Å². The maximum Gasteiger partial charge on any atom is 0.251 e. The normalized spacial score (nSPS) is 17.7. The fourth-order valence-electron chi connectivity index (χ4n) is 4.05. The Bertz CT molecular complexity index is 877. The molecule has 0 saturated heterocycles. The molecule has 6 heteroatoms. The third-order valence-electron chi connectivity index (χ3n) is 5.61. The third kappa shape index (κ3) is 4.32. The zero-order valence-corrected chi connectivity index (χ0v) is 17.0. The summed E-state index contributed by atoms with van der Waals surface area (Å²) in [5.41, 5.74) is 1.72. The second-order valence-corrected chi connectivity index (χ2v) is 7.73. The minimum Gasteiger partial charge on any atom is -0.496 e. The zero-order chi connectivity index (χ0) is 20.3. The van der Waals surface area contributed by atoms with Crippen LogP contribution in [0.3, 0.4) is 0 Å². The molecule has 0 radical (unpaired) electrons. The Kier molecular flexibility index (Phi) is 5.62. The monoisotopic (exact) mass is 396 g/mol. The number of anilines is 1. The molecule has 1 amide bonds. The van der Waals surface area contributed by atoms with Crippen molar-refractivity contribution in [1.29, 1.82) is 0 Å². The lowest BCUT2D eigenvalue weighted by atomic mass is 9.94. The van der Waals surface area contributed by atoms with E-state index >= 15 is 0 Å². The average molecular weight is 396 g/mol. The fraction of sp³-hybridized carbons (Fsp3) is 0.435. The number of para-hydroxylation sites is 1. The van der Waals surface area contributed by atoms with Crippen LogP contribution in [-0.4, -0.2) is 25.3 Å². The Balaban J connectivity index is 1.33. The first kappa shape index (κ1) is 19.6. The Morgan fingerprint density at radius 2 is 1.86 bits per heavy atom. The molecule has 1 aliphatic carbocycles. The molecule has 2 aromatic rings. The van der Waals surface area contributed by atoms with Gasteiger partial charge in [0.1, 0.15) is 5.75 Å². The molecule has 1 saturated carbocycles. The van der Waals surface area contributed by atoms with Crippen molar-refractivity contribution >= 4 is 11.6 Å². The summed E-state index contributed by atoms with van der Waals surface area (Å²) >= 11 is 0. The van der Waals surface area contributed by atoms with Crippen LogP contribution in [0.4, 0.5) is 5.69 Å². The molecule has 0 bridgehead atoms. The molecule has 2 N–H and O–H groups in total. The molecule has 1 spiro atoms. The molecule has 1 aliphatic heterocycles. The van der Waals surface area contributed by atoms with Crippen LogP contribution in [0, 0.1) is 0 Å². The summed E-state index contributed by atoms with van der Waals surface area (Å²) in [6, 6.07) is 13.4. The highest BCUT2D eigenvalue weighted by Gasteiger charge is 2.42. The number of rotatable bonds is 6. The van der Waals surface area contributed by atoms with Crippen LogP contribution in [0.1, 0.15) is 50.6 Å². The van der Waals surface area contributed by atoms with Crippen molar-refractivity contribution in [3.05, 3.63) is 48.0 Å². The summed E-state index contributed by atoms with van der Waals surface area (Å²) in [5, 5.41) is 6.17. The third-order valence-corrected chi connectivity index (χ3v) is 5.61. The van der Waals surface area contributed by atoms with E-state index in [4.69, 9.17) is 14.2 Å². The second-order valence-electron chi connectivity index (χ2n) is 7.73. The molecule has 6 nitrogen and oxygen atoms in total. The van der Waals surface area contributed by atoms with Crippen molar-refractivity contribution in [1.82, 2.24) is 5.32 Å². The van der Waals surface area contributed by atoms with Gasteiger partial charge in [-0.1, -0.05) is 24.6 Å². The van der Waals surface area contributed by atoms with E-state index in [2.05, 4.69) is 10.6 Å². The van der Waals surface area contributed by atoms with Crippen LogP contribution in [0.5, 0.6) is 17.2 Å². The predicted octanol–water partition coefficient (Wildman–Crippen LogP) is 4.42. The molecule has 2 aliphatic rings. The molecule has 1 heterocycles. The van der Waals surface area contributed by atoms with E-state index in [-0.39, 0.29) is 18.5 Å². The van der Waals surface area contributed by atoms with Gasteiger partial charge in [0.05, 0.1) is 13.7 Å². The quantitative estimate of drug-likeness (QED) is 0.757. The Morgan fingerprint density at radius 1 is 1.10 bits per heavy atom. The van der Waals surface area contributed by atoms with Crippen molar-refractivity contribution in [2.24, 2.45) is 0 Å². The minimum absolute atomic E-state index is 0.0141. The number of ether oxygens (including phenoxy) is 3. The first-order valence-corrected chi connectivity index (χ1v) is 10.3. The largest absolute Gasteiger partial charge is 0.496 e. The fourth-order valence-corrected chi connectivity index (χ4v) is 4.05. The van der Waals surface area contributed by atoms with E-state index in [1.165, 1.54) is 6.42 Å². The molecule has 154 valence electrons. The number of carbonyl (C=O) groups is 1. The number of methoxy groups -OCH3 is 1. The SMILES string of the molecule is COc1ccccc1[C@H](C)NCC(=O)Nc1ccc2c(c1)OC1(CCCCC1)O2. The molecule has 0 aromatic heterocycles. The van der Waals surface area contributed by atoms with E-state index < -0.39 is 5.79 Å². The molecule has 4 rings (SSSR count). The Labute approximate surface area is 171 Å². The summed E-state index contributed by atoms with van der Waals surface area (Å²) in [6.45, 7) is 2.20. The van der Waals surface area contributed by atoms with Gasteiger partial charge in [-0.3, -0.25) is 4.79 Å². The zero-order valence-electron chi connectivity index (χ0n) is 17.0. The van der Waals surface area contributed by atoms with Gasteiger partial charge in [-0.05, 0) is 38.0 Å². The minimum atomic E-state index is -0.505. The van der Waals surface area contributed by atoms with Gasteiger partial charge in [0.2, 0.25) is 5.91 Å². The van der Waals surface area contributed by atoms with Crippen molar-refractivity contribution in [3.63, 3.8) is 0 Å². The summed E-state index contributed by atoms with van der Waals surface area (Å²) in [5.74, 6) is 1.65. The van der Waals surface area contributed by atoms with Gasteiger partial charge in [0, 0.05) is 36.2 Å². The van der Waals surface area contributed by atoms with Gasteiger partial charge in [-0.2, -0.15) is 0 Å². The highest BCUT2D eigenvalue weighted by atomic mass is 16.7. The van der Waals surface area contributed by atoms with Crippen LogP contribution in [0.15, 0.2) is 42.5 Å². The maximum atomic E-state index is 12.4. The molecule has 1 fully saturated rings. The van der Waals surface area contributed by atoms with Gasteiger partial charge in [-0.15, -0.1) is 0 Å². The van der Waals surface area contributed by atoms with Gasteiger partial charge < -0.3 is 24.8 Å². The van der Waals surface area contributed by atoms with Gasteiger partial charge >= 0.3 is 0 Å². The van der Waals surface area contributed by atoms with E-state index in [0.29, 0.717) is 11.4 Å². The predicted molar refractivity (Wildman–Crippen MR) is 112 cm³/mol. The van der Waals surface area contributed by atoms with E-state index in [0.717, 1.165) is 42.7 Å². The van der Waals surface area contributed by atoms with Crippen LogP contribution in [0.2, 0.25) is 0 Å². The lowest BCUT2D eigenvalue weighted by Crippen LogP contribution is -2.40. The van der Waals surface area contributed by atoms with E-state index in [1.807, 2.05) is 49.4 Å². The molecule has 1 atom stereocenters. The molecular weight excluding hydrogens is 368 g/mol. The summed E-state index contributed by atoms with van der Waals surface area (Å²) in [4.78, 5) is 12.4. The molecule has 0 unspecified atom stereocenters. The Hall–Kier alpha value is -2.73. The highest BCUT2D eigenvalue weighted by molar-refractivity contribution is 5.92. The number of hydrogen-bond donors (Lipinski definition) is 2. The lowest BCUT2D eigenvalue weighted by molar-refractivity contribution is -0.115. The van der Waals surface area contributed by atoms with Crippen LogP contribution < -0.4 is 24.8 Å². The summed E-state index contributed by atoms with van der Waals surface area (Å²) in [7, 11) is 1.65. The van der Waals surface area contributed by atoms with Crippen molar-refractivity contribution in [3.8, 4) is 17.2 Å². The van der Waals surface area contributed by atoms with Crippen LogP contribution in [0.25, 0.3) is 0 Å². The second kappa shape index (κ2) is 8.33. The smallest absolute Gasteiger partial charge is 0.251 e. The number of hydrogen-bond acceptors (Lipinski definition) is 5. The molecular formula is C23H28N2O4. The topological polar surface area (TPSA) is 68.8 Å². The number of fused-ring (bicyclic) bond motifs is 1. The summed E-state index contributed by atoms with van der Waals surface area (Å²) < 4.78 is 17.6. The van der Waals surface area contributed by atoms with Crippen LogP contribution >= 0.6 is 0 Å². The van der Waals surface area contributed by atoms with Gasteiger partial charge in [-0.25, -0.2) is 0 Å². The number of nitrogens with one attached hydrogen (secondary N) is 2. The average Bonchev–Trinajstić information content (AvgIpc) is 3.08. The Morgan fingerprint density at radius 3 is 2.66 bits per heavy atom. The number of carbonyl (C=O) groups excluding carboxylic acids is 1.